The van der Waals surface area contributed by atoms with E-state index in [0.717, 1.165) is 4.47 Å². The number of esters is 1. The number of methoxy groups -OCH3 is 1. The topological polar surface area (TPSA) is 72.5 Å². The lowest BCUT2D eigenvalue weighted by Crippen LogP contribution is -2.16. The van der Waals surface area contributed by atoms with E-state index in [4.69, 9.17) is 5.73 Å². The van der Waals surface area contributed by atoms with Gasteiger partial charge in [-0.15, -0.1) is 0 Å². The fraction of sp³-hybridized carbons (Fsp3) is 0.364. The van der Waals surface area contributed by atoms with Crippen LogP contribution in [-0.4, -0.2) is 18.2 Å². The first kappa shape index (κ1) is 13.0. The standard InChI is InChI=1S/C11H14BrNO3/c1-6-3-7(12)4-8(11(6)15)9(13)5-10(14)16-2/h3-4,9,15H,5,13H2,1-2H3/t9-/m1/s1. The molecule has 0 saturated heterocycles. The van der Waals surface area contributed by atoms with E-state index in [2.05, 4.69) is 20.7 Å². The fourth-order valence-corrected chi connectivity index (χ4v) is 2.01. The van der Waals surface area contributed by atoms with Gasteiger partial charge in [-0.3, -0.25) is 4.79 Å². The lowest BCUT2D eigenvalue weighted by atomic mass is 10.0. The van der Waals surface area contributed by atoms with Crippen LogP contribution in [0.15, 0.2) is 16.6 Å². The maximum atomic E-state index is 11.1. The summed E-state index contributed by atoms with van der Waals surface area (Å²) < 4.78 is 5.35. The Morgan fingerprint density at radius 1 is 1.62 bits per heavy atom. The first-order valence-corrected chi connectivity index (χ1v) is 5.56. The molecule has 0 aliphatic rings. The first-order chi connectivity index (χ1) is 7.45. The predicted molar refractivity (Wildman–Crippen MR) is 64.1 cm³/mol. The molecule has 0 radical (unpaired) electrons. The van der Waals surface area contributed by atoms with Gasteiger partial charge in [-0.25, -0.2) is 0 Å². The van der Waals surface area contributed by atoms with E-state index in [-0.39, 0.29) is 12.2 Å². The second-order valence-electron chi connectivity index (χ2n) is 3.55. The zero-order chi connectivity index (χ0) is 12.3. The van der Waals surface area contributed by atoms with Crippen molar-refractivity contribution >= 4 is 21.9 Å². The van der Waals surface area contributed by atoms with Crippen LogP contribution in [0, 0.1) is 6.92 Å². The number of aromatic hydroxyl groups is 1. The zero-order valence-electron chi connectivity index (χ0n) is 9.16. The van der Waals surface area contributed by atoms with E-state index in [1.807, 2.05) is 0 Å². The van der Waals surface area contributed by atoms with E-state index in [0.29, 0.717) is 11.1 Å². The molecule has 5 heteroatoms. The number of carbonyl (C=O) groups excluding carboxylic acids is 1. The van der Waals surface area contributed by atoms with Crippen LogP contribution in [0.5, 0.6) is 5.75 Å². The first-order valence-electron chi connectivity index (χ1n) is 4.77. The molecule has 0 bridgehead atoms. The van der Waals surface area contributed by atoms with Gasteiger partial charge in [0, 0.05) is 16.1 Å². The van der Waals surface area contributed by atoms with Crippen LogP contribution in [0.25, 0.3) is 0 Å². The van der Waals surface area contributed by atoms with Crippen molar-refractivity contribution in [1.82, 2.24) is 0 Å². The Hall–Kier alpha value is -1.07. The molecule has 0 unspecified atom stereocenters. The molecule has 1 aromatic rings. The van der Waals surface area contributed by atoms with Crippen molar-refractivity contribution in [3.05, 3.63) is 27.7 Å². The average molecular weight is 288 g/mol. The van der Waals surface area contributed by atoms with Gasteiger partial charge in [0.05, 0.1) is 13.5 Å². The van der Waals surface area contributed by atoms with Crippen LogP contribution < -0.4 is 5.73 Å². The highest BCUT2D eigenvalue weighted by atomic mass is 79.9. The highest BCUT2D eigenvalue weighted by molar-refractivity contribution is 9.10. The van der Waals surface area contributed by atoms with E-state index >= 15 is 0 Å². The maximum absolute atomic E-state index is 11.1. The minimum absolute atomic E-state index is 0.0416. The average Bonchev–Trinajstić information content (AvgIpc) is 2.22. The van der Waals surface area contributed by atoms with Gasteiger partial charge >= 0.3 is 5.97 Å². The molecular formula is C11H14BrNO3. The third-order valence-electron chi connectivity index (χ3n) is 2.31. The van der Waals surface area contributed by atoms with Gasteiger partial charge in [0.2, 0.25) is 0 Å². The molecule has 1 atom stereocenters. The number of phenols is 1. The lowest BCUT2D eigenvalue weighted by Gasteiger charge is -2.14. The summed E-state index contributed by atoms with van der Waals surface area (Å²) in [4.78, 5) is 11.1. The van der Waals surface area contributed by atoms with Crippen LogP contribution in [0.3, 0.4) is 0 Å². The number of rotatable bonds is 3. The minimum atomic E-state index is -0.566. The number of carbonyl (C=O) groups is 1. The molecule has 4 nitrogen and oxygen atoms in total. The summed E-state index contributed by atoms with van der Waals surface area (Å²) in [7, 11) is 1.31. The van der Waals surface area contributed by atoms with Gasteiger partial charge in [-0.1, -0.05) is 15.9 Å². The van der Waals surface area contributed by atoms with Crippen molar-refractivity contribution in [2.24, 2.45) is 5.73 Å². The van der Waals surface area contributed by atoms with E-state index in [9.17, 15) is 9.90 Å². The van der Waals surface area contributed by atoms with E-state index in [1.54, 1.807) is 19.1 Å². The summed E-state index contributed by atoms with van der Waals surface area (Å²) in [5, 5.41) is 9.83. The normalized spacial score (nSPS) is 12.2. The molecule has 0 saturated carbocycles. The second-order valence-corrected chi connectivity index (χ2v) is 4.46. The maximum Gasteiger partial charge on any atom is 0.307 e. The summed E-state index contributed by atoms with van der Waals surface area (Å²) in [6.07, 6.45) is 0.0416. The monoisotopic (exact) mass is 287 g/mol. The molecule has 0 aromatic heterocycles. The molecule has 0 amide bonds. The van der Waals surface area contributed by atoms with Crippen molar-refractivity contribution in [2.45, 2.75) is 19.4 Å². The lowest BCUT2D eigenvalue weighted by molar-refractivity contribution is -0.141. The van der Waals surface area contributed by atoms with Crippen molar-refractivity contribution in [3.8, 4) is 5.75 Å². The largest absolute Gasteiger partial charge is 0.507 e. The predicted octanol–water partition coefficient (Wildman–Crippen LogP) is 2.03. The van der Waals surface area contributed by atoms with E-state index < -0.39 is 12.0 Å². The number of ether oxygens (including phenoxy) is 1. The van der Waals surface area contributed by atoms with Crippen molar-refractivity contribution in [3.63, 3.8) is 0 Å². The van der Waals surface area contributed by atoms with Gasteiger partial charge in [-0.2, -0.15) is 0 Å². The molecule has 0 heterocycles. The van der Waals surface area contributed by atoms with Crippen molar-refractivity contribution in [1.29, 1.82) is 0 Å². The molecule has 0 aliphatic heterocycles. The number of aryl methyl sites for hydroxylation is 1. The van der Waals surface area contributed by atoms with Crippen LogP contribution in [0.1, 0.15) is 23.6 Å². The van der Waals surface area contributed by atoms with Crippen LogP contribution >= 0.6 is 15.9 Å². The Balaban J connectivity index is 2.99. The van der Waals surface area contributed by atoms with Gasteiger partial charge in [0.25, 0.3) is 0 Å². The fourth-order valence-electron chi connectivity index (χ4n) is 1.42. The molecule has 88 valence electrons. The number of hydrogen-bond acceptors (Lipinski definition) is 4. The molecule has 0 fully saturated rings. The Morgan fingerprint density at radius 2 is 2.25 bits per heavy atom. The molecule has 0 spiro atoms. The molecule has 0 aliphatic carbocycles. The van der Waals surface area contributed by atoms with Crippen molar-refractivity contribution in [2.75, 3.05) is 7.11 Å². The molecule has 3 N–H and O–H groups in total. The Bertz CT molecular complexity index is 406. The number of halogens is 1. The third-order valence-corrected chi connectivity index (χ3v) is 2.77. The molecule has 16 heavy (non-hydrogen) atoms. The summed E-state index contributed by atoms with van der Waals surface area (Å²) in [6.45, 7) is 1.77. The highest BCUT2D eigenvalue weighted by Gasteiger charge is 2.17. The number of phenolic OH excluding ortho intramolecular Hbond substituents is 1. The van der Waals surface area contributed by atoms with Crippen LogP contribution in [-0.2, 0) is 9.53 Å². The summed E-state index contributed by atoms with van der Waals surface area (Å²) in [5.74, 6) is -0.274. The summed E-state index contributed by atoms with van der Waals surface area (Å²) in [6, 6.07) is 2.92. The number of nitrogens with two attached hydrogens (primary N) is 1. The molecular weight excluding hydrogens is 274 g/mol. The van der Waals surface area contributed by atoms with Crippen LogP contribution in [0.2, 0.25) is 0 Å². The smallest absolute Gasteiger partial charge is 0.307 e. The number of benzene rings is 1. The quantitative estimate of drug-likeness (QED) is 0.835. The number of hydrogen-bond donors (Lipinski definition) is 2. The SMILES string of the molecule is COC(=O)C[C@@H](N)c1cc(Br)cc(C)c1O. The molecule has 1 aromatic carbocycles. The summed E-state index contributed by atoms with van der Waals surface area (Å²) in [5.41, 5.74) is 7.08. The summed E-state index contributed by atoms with van der Waals surface area (Å²) >= 11 is 3.32. The van der Waals surface area contributed by atoms with Gasteiger partial charge < -0.3 is 15.6 Å². The minimum Gasteiger partial charge on any atom is -0.507 e. The van der Waals surface area contributed by atoms with Crippen LogP contribution in [0.4, 0.5) is 0 Å². The molecule has 1 rings (SSSR count). The highest BCUT2D eigenvalue weighted by Crippen LogP contribution is 2.31. The van der Waals surface area contributed by atoms with Crippen molar-refractivity contribution < 1.29 is 14.6 Å². The van der Waals surface area contributed by atoms with Gasteiger partial charge in [0.15, 0.2) is 0 Å². The third kappa shape index (κ3) is 2.96. The Morgan fingerprint density at radius 3 is 2.81 bits per heavy atom. The van der Waals surface area contributed by atoms with Gasteiger partial charge in [-0.05, 0) is 24.6 Å². The van der Waals surface area contributed by atoms with E-state index in [1.165, 1.54) is 7.11 Å². The second kappa shape index (κ2) is 5.32. The Kier molecular flexibility index (Phi) is 4.32. The zero-order valence-corrected chi connectivity index (χ0v) is 10.7. The Labute approximate surface area is 103 Å². The van der Waals surface area contributed by atoms with Gasteiger partial charge in [0.1, 0.15) is 5.75 Å².